The first kappa shape index (κ1) is 15.5. The average molecular weight is 305 g/mol. The van der Waals surface area contributed by atoms with Crippen molar-refractivity contribution in [1.82, 2.24) is 4.90 Å². The van der Waals surface area contributed by atoms with Gasteiger partial charge in [-0.15, -0.1) is 11.3 Å². The molecule has 0 fully saturated rings. The van der Waals surface area contributed by atoms with E-state index in [-0.39, 0.29) is 12.7 Å². The molecule has 0 aliphatic carbocycles. The summed E-state index contributed by atoms with van der Waals surface area (Å²) in [5.74, 6) is 0. The summed E-state index contributed by atoms with van der Waals surface area (Å²) >= 11 is 1.51. The van der Waals surface area contributed by atoms with Crippen LogP contribution in [-0.4, -0.2) is 29.7 Å². The summed E-state index contributed by atoms with van der Waals surface area (Å²) in [7, 11) is 1.68. The van der Waals surface area contributed by atoms with Crippen LogP contribution >= 0.6 is 11.3 Å². The number of benzene rings is 1. The Balaban J connectivity index is 1.72. The number of hydrogen-bond donors (Lipinski definition) is 1. The molecule has 0 aliphatic heterocycles. The van der Waals surface area contributed by atoms with Crippen molar-refractivity contribution in [2.24, 2.45) is 0 Å². The van der Waals surface area contributed by atoms with Gasteiger partial charge in [0.15, 0.2) is 0 Å². The average Bonchev–Trinajstić information content (AvgIpc) is 3.05. The molecule has 1 aromatic heterocycles. The second kappa shape index (κ2) is 7.81. The van der Waals surface area contributed by atoms with Crippen molar-refractivity contribution in [1.29, 1.82) is 0 Å². The molecule has 4 nitrogen and oxygen atoms in total. The molecule has 0 saturated carbocycles. The summed E-state index contributed by atoms with van der Waals surface area (Å²) in [6, 6.07) is 13.4. The lowest BCUT2D eigenvalue weighted by molar-refractivity contribution is 0.0955. The normalized spacial score (nSPS) is 11.9. The Bertz CT molecular complexity index is 542. The van der Waals surface area contributed by atoms with Crippen molar-refractivity contribution >= 4 is 17.4 Å². The number of ether oxygens (including phenoxy) is 1. The summed E-state index contributed by atoms with van der Waals surface area (Å²) in [4.78, 5) is 14.2. The number of rotatable bonds is 6. The fourth-order valence-electron chi connectivity index (χ4n) is 1.86. The molecule has 2 rings (SSSR count). The molecule has 0 spiro atoms. The second-order valence-corrected chi connectivity index (χ2v) is 5.76. The van der Waals surface area contributed by atoms with Crippen LogP contribution in [0.15, 0.2) is 47.8 Å². The standard InChI is InChI=1S/C16H19NO3S/c1-17(10-9-14(18)15-8-5-11-21-15)16(19)20-12-13-6-3-2-4-7-13/h2-8,11,14,18H,9-10,12H2,1H3. The van der Waals surface area contributed by atoms with Crippen LogP contribution in [0.3, 0.4) is 0 Å². The van der Waals surface area contributed by atoms with E-state index in [9.17, 15) is 9.90 Å². The molecule has 1 unspecified atom stereocenters. The first-order chi connectivity index (χ1) is 10.2. The lowest BCUT2D eigenvalue weighted by Crippen LogP contribution is -2.29. The Labute approximate surface area is 128 Å². The number of amides is 1. The van der Waals surface area contributed by atoms with Gasteiger partial charge in [0, 0.05) is 18.5 Å². The summed E-state index contributed by atoms with van der Waals surface area (Å²) < 4.78 is 5.22. The van der Waals surface area contributed by atoms with E-state index in [1.165, 1.54) is 16.2 Å². The highest BCUT2D eigenvalue weighted by atomic mass is 32.1. The van der Waals surface area contributed by atoms with Crippen LogP contribution in [0.2, 0.25) is 0 Å². The molecule has 112 valence electrons. The zero-order chi connectivity index (χ0) is 15.1. The van der Waals surface area contributed by atoms with Gasteiger partial charge in [0.2, 0.25) is 0 Å². The molecular weight excluding hydrogens is 286 g/mol. The number of aliphatic hydroxyl groups is 1. The molecule has 0 aliphatic rings. The molecule has 1 aromatic carbocycles. The van der Waals surface area contributed by atoms with Gasteiger partial charge in [-0.2, -0.15) is 0 Å². The first-order valence-corrected chi connectivity index (χ1v) is 7.68. The van der Waals surface area contributed by atoms with Crippen molar-refractivity contribution in [2.45, 2.75) is 19.1 Å². The minimum atomic E-state index is -0.533. The molecule has 2 aromatic rings. The van der Waals surface area contributed by atoms with E-state index in [1.54, 1.807) is 7.05 Å². The van der Waals surface area contributed by atoms with Crippen molar-refractivity contribution < 1.29 is 14.6 Å². The number of carbonyl (C=O) groups is 1. The molecule has 0 radical (unpaired) electrons. The molecule has 0 bridgehead atoms. The van der Waals surface area contributed by atoms with E-state index in [1.807, 2.05) is 47.8 Å². The summed E-state index contributed by atoms with van der Waals surface area (Å²) in [5.41, 5.74) is 0.956. The van der Waals surface area contributed by atoms with Gasteiger partial charge >= 0.3 is 6.09 Å². The topological polar surface area (TPSA) is 49.8 Å². The Kier molecular flexibility index (Phi) is 5.78. The smallest absolute Gasteiger partial charge is 0.409 e. The fraction of sp³-hybridized carbons (Fsp3) is 0.312. The highest BCUT2D eigenvalue weighted by Gasteiger charge is 2.14. The maximum Gasteiger partial charge on any atom is 0.409 e. The second-order valence-electron chi connectivity index (χ2n) is 4.78. The summed E-state index contributed by atoms with van der Waals surface area (Å²) in [5, 5.41) is 11.9. The van der Waals surface area contributed by atoms with Crippen LogP contribution in [-0.2, 0) is 11.3 Å². The largest absolute Gasteiger partial charge is 0.445 e. The van der Waals surface area contributed by atoms with Gasteiger partial charge in [-0.1, -0.05) is 36.4 Å². The third-order valence-electron chi connectivity index (χ3n) is 3.13. The minimum absolute atomic E-state index is 0.261. The predicted molar refractivity (Wildman–Crippen MR) is 83.2 cm³/mol. The fourth-order valence-corrected chi connectivity index (χ4v) is 2.61. The minimum Gasteiger partial charge on any atom is -0.445 e. The Morgan fingerprint density at radius 3 is 2.71 bits per heavy atom. The highest BCUT2D eigenvalue weighted by molar-refractivity contribution is 7.10. The zero-order valence-electron chi connectivity index (χ0n) is 11.9. The highest BCUT2D eigenvalue weighted by Crippen LogP contribution is 2.21. The van der Waals surface area contributed by atoms with Crippen LogP contribution in [0.25, 0.3) is 0 Å². The van der Waals surface area contributed by atoms with Crippen molar-refractivity contribution in [3.8, 4) is 0 Å². The van der Waals surface area contributed by atoms with Crippen LogP contribution in [0.1, 0.15) is 23.0 Å². The molecule has 1 N–H and O–H groups in total. The molecule has 0 saturated heterocycles. The number of thiophene rings is 1. The van der Waals surface area contributed by atoms with E-state index in [4.69, 9.17) is 4.74 Å². The Morgan fingerprint density at radius 2 is 2.05 bits per heavy atom. The van der Waals surface area contributed by atoms with Gasteiger partial charge < -0.3 is 14.7 Å². The quantitative estimate of drug-likeness (QED) is 0.889. The molecule has 5 heteroatoms. The van der Waals surface area contributed by atoms with Gasteiger partial charge in [0.25, 0.3) is 0 Å². The lowest BCUT2D eigenvalue weighted by atomic mass is 10.2. The number of aliphatic hydroxyl groups excluding tert-OH is 1. The molecule has 1 atom stereocenters. The summed E-state index contributed by atoms with van der Waals surface area (Å²) in [6.07, 6.45) is -0.413. The van der Waals surface area contributed by atoms with Crippen LogP contribution in [0, 0.1) is 0 Å². The number of nitrogens with zero attached hydrogens (tertiary/aromatic N) is 1. The van der Waals surface area contributed by atoms with Gasteiger partial charge in [-0.05, 0) is 23.4 Å². The maximum absolute atomic E-state index is 11.8. The maximum atomic E-state index is 11.8. The molecule has 1 heterocycles. The number of carbonyl (C=O) groups excluding carboxylic acids is 1. The van der Waals surface area contributed by atoms with E-state index in [0.29, 0.717) is 13.0 Å². The van der Waals surface area contributed by atoms with E-state index in [2.05, 4.69) is 0 Å². The molecular formula is C16H19NO3S. The monoisotopic (exact) mass is 305 g/mol. The Hall–Kier alpha value is -1.85. The van der Waals surface area contributed by atoms with Crippen molar-refractivity contribution in [2.75, 3.05) is 13.6 Å². The van der Waals surface area contributed by atoms with Crippen LogP contribution in [0.5, 0.6) is 0 Å². The van der Waals surface area contributed by atoms with E-state index < -0.39 is 6.10 Å². The number of hydrogen-bond acceptors (Lipinski definition) is 4. The summed E-state index contributed by atoms with van der Waals surface area (Å²) in [6.45, 7) is 0.712. The van der Waals surface area contributed by atoms with Gasteiger partial charge in [0.05, 0.1) is 6.10 Å². The predicted octanol–water partition coefficient (Wildman–Crippen LogP) is 3.44. The Morgan fingerprint density at radius 1 is 1.29 bits per heavy atom. The third kappa shape index (κ3) is 4.88. The van der Waals surface area contributed by atoms with Crippen molar-refractivity contribution in [3.05, 3.63) is 58.3 Å². The van der Waals surface area contributed by atoms with Gasteiger partial charge in [0.1, 0.15) is 6.61 Å². The zero-order valence-corrected chi connectivity index (χ0v) is 12.8. The van der Waals surface area contributed by atoms with E-state index in [0.717, 1.165) is 10.4 Å². The molecule has 21 heavy (non-hydrogen) atoms. The van der Waals surface area contributed by atoms with Crippen LogP contribution < -0.4 is 0 Å². The third-order valence-corrected chi connectivity index (χ3v) is 4.10. The van der Waals surface area contributed by atoms with Crippen LogP contribution in [0.4, 0.5) is 4.79 Å². The SMILES string of the molecule is CN(CCC(O)c1cccs1)C(=O)OCc1ccccc1. The van der Waals surface area contributed by atoms with Gasteiger partial charge in [-0.3, -0.25) is 0 Å². The van der Waals surface area contributed by atoms with Gasteiger partial charge in [-0.25, -0.2) is 4.79 Å². The molecule has 1 amide bonds. The lowest BCUT2D eigenvalue weighted by Gasteiger charge is -2.18. The van der Waals surface area contributed by atoms with Crippen molar-refractivity contribution in [3.63, 3.8) is 0 Å². The first-order valence-electron chi connectivity index (χ1n) is 6.80. The van der Waals surface area contributed by atoms with E-state index >= 15 is 0 Å².